The number of nitrogens with zero attached hydrogens (tertiary/aromatic N) is 2. The van der Waals surface area contributed by atoms with E-state index in [2.05, 4.69) is 4.99 Å². The molecule has 5 heteroatoms. The average molecular weight is 322 g/mol. The van der Waals surface area contributed by atoms with Gasteiger partial charge in [0, 0.05) is 12.4 Å². The minimum absolute atomic E-state index is 0.149. The highest BCUT2D eigenvalue weighted by Crippen LogP contribution is 2.35. The summed E-state index contributed by atoms with van der Waals surface area (Å²) in [6, 6.07) is 15.6. The van der Waals surface area contributed by atoms with E-state index in [-0.39, 0.29) is 12.0 Å². The molecule has 122 valence electrons. The fourth-order valence-corrected chi connectivity index (χ4v) is 3.10. The first-order valence-corrected chi connectivity index (χ1v) is 7.81. The highest BCUT2D eigenvalue weighted by molar-refractivity contribution is 6.10. The van der Waals surface area contributed by atoms with Crippen LogP contribution in [0.4, 0.5) is 0 Å². The normalized spacial score (nSPS) is 16.9. The molecule has 1 N–H and O–H groups in total. The maximum Gasteiger partial charge on any atom is 0.223 e. The lowest BCUT2D eigenvalue weighted by atomic mass is 10.1. The summed E-state index contributed by atoms with van der Waals surface area (Å²) in [6.45, 7) is 0.532. The molecule has 0 spiro atoms. The Hall–Kier alpha value is -2.95. The summed E-state index contributed by atoms with van der Waals surface area (Å²) >= 11 is 0. The second-order valence-electron chi connectivity index (χ2n) is 5.80. The molecule has 1 aliphatic heterocycles. The molecule has 1 aromatic heterocycles. The Morgan fingerprint density at radius 2 is 1.92 bits per heavy atom. The Labute approximate surface area is 139 Å². The van der Waals surface area contributed by atoms with Crippen LogP contribution in [0.2, 0.25) is 0 Å². The van der Waals surface area contributed by atoms with Crippen LogP contribution in [0.1, 0.15) is 17.2 Å². The summed E-state index contributed by atoms with van der Waals surface area (Å²) in [6.07, 6.45) is -0.149. The van der Waals surface area contributed by atoms with Gasteiger partial charge in [-0.2, -0.15) is 0 Å². The van der Waals surface area contributed by atoms with Crippen molar-refractivity contribution in [3.8, 4) is 11.6 Å². The first-order chi connectivity index (χ1) is 11.7. The molecular weight excluding hydrogens is 304 g/mol. The van der Waals surface area contributed by atoms with E-state index in [0.717, 1.165) is 22.2 Å². The highest BCUT2D eigenvalue weighted by Gasteiger charge is 2.28. The zero-order valence-electron chi connectivity index (χ0n) is 13.6. The molecule has 0 saturated carbocycles. The number of aryl methyl sites for hydroxylation is 1. The molecule has 0 amide bonds. The van der Waals surface area contributed by atoms with Gasteiger partial charge in [0.05, 0.1) is 19.2 Å². The number of benzene rings is 2. The third kappa shape index (κ3) is 2.21. The zero-order valence-corrected chi connectivity index (χ0v) is 13.6. The number of aromatic nitrogens is 1. The molecule has 0 bridgehead atoms. The molecule has 24 heavy (non-hydrogen) atoms. The molecule has 1 aliphatic rings. The van der Waals surface area contributed by atoms with Crippen molar-refractivity contribution in [2.75, 3.05) is 13.7 Å². The van der Waals surface area contributed by atoms with Gasteiger partial charge >= 0.3 is 0 Å². The Balaban J connectivity index is 1.66. The first kappa shape index (κ1) is 14.6. The van der Waals surface area contributed by atoms with Crippen molar-refractivity contribution in [3.05, 3.63) is 59.7 Å². The van der Waals surface area contributed by atoms with Crippen LogP contribution in [0.25, 0.3) is 10.9 Å². The topological polar surface area (TPSA) is 56.0 Å². The fourth-order valence-electron chi connectivity index (χ4n) is 3.10. The number of hydrogen-bond donors (Lipinski definition) is 1. The van der Waals surface area contributed by atoms with Crippen LogP contribution >= 0.6 is 0 Å². The molecule has 4 rings (SSSR count). The van der Waals surface area contributed by atoms with Crippen LogP contribution in [0, 0.1) is 0 Å². The molecule has 1 atom stereocenters. The van der Waals surface area contributed by atoms with E-state index in [1.807, 2.05) is 55.6 Å². The number of aromatic hydroxyl groups is 1. The van der Waals surface area contributed by atoms with E-state index in [9.17, 15) is 5.11 Å². The van der Waals surface area contributed by atoms with Gasteiger partial charge in [-0.15, -0.1) is 0 Å². The van der Waals surface area contributed by atoms with E-state index in [4.69, 9.17) is 9.47 Å². The Morgan fingerprint density at radius 1 is 1.17 bits per heavy atom. The quantitative estimate of drug-likeness (QED) is 0.804. The van der Waals surface area contributed by atoms with E-state index in [1.165, 1.54) is 0 Å². The van der Waals surface area contributed by atoms with Crippen LogP contribution in [0.3, 0.4) is 0 Å². The number of fused-ring (bicyclic) bond motifs is 1. The monoisotopic (exact) mass is 322 g/mol. The fraction of sp³-hybridized carbons (Fsp3) is 0.211. The van der Waals surface area contributed by atoms with Gasteiger partial charge in [0.15, 0.2) is 0 Å². The van der Waals surface area contributed by atoms with Crippen LogP contribution < -0.4 is 4.74 Å². The molecule has 0 saturated heterocycles. The zero-order chi connectivity index (χ0) is 16.7. The largest absolute Gasteiger partial charge is 0.497 e. The van der Waals surface area contributed by atoms with Crippen molar-refractivity contribution >= 4 is 16.8 Å². The predicted octanol–water partition coefficient (Wildman–Crippen LogP) is 3.41. The van der Waals surface area contributed by atoms with Gasteiger partial charge in [-0.1, -0.05) is 30.3 Å². The summed E-state index contributed by atoms with van der Waals surface area (Å²) in [4.78, 5) is 4.52. The predicted molar refractivity (Wildman–Crippen MR) is 92.8 cm³/mol. The standard InChI is InChI=1S/C19H18N2O3/c1-21-15-6-4-3-5-14(15)17(19(21)22)18-20-11-16(24-18)12-7-9-13(23-2)10-8-12/h3-10,16,22H,11H2,1-2H3. The number of ether oxygens (including phenoxy) is 2. The molecule has 1 unspecified atom stereocenters. The van der Waals surface area contributed by atoms with Crippen molar-refractivity contribution in [1.82, 2.24) is 4.57 Å². The van der Waals surface area contributed by atoms with Gasteiger partial charge in [-0.05, 0) is 23.8 Å². The van der Waals surface area contributed by atoms with Crippen LogP contribution in [-0.2, 0) is 11.8 Å². The smallest absolute Gasteiger partial charge is 0.223 e. The second kappa shape index (κ2) is 5.60. The Morgan fingerprint density at radius 3 is 2.67 bits per heavy atom. The molecule has 0 aliphatic carbocycles. The third-order valence-electron chi connectivity index (χ3n) is 4.43. The van der Waals surface area contributed by atoms with Crippen LogP contribution in [-0.4, -0.2) is 29.2 Å². The van der Waals surface area contributed by atoms with Gasteiger partial charge in [0.2, 0.25) is 11.8 Å². The summed E-state index contributed by atoms with van der Waals surface area (Å²) in [5.41, 5.74) is 2.64. The molecule has 5 nitrogen and oxygen atoms in total. The van der Waals surface area contributed by atoms with Crippen molar-refractivity contribution in [1.29, 1.82) is 0 Å². The molecule has 3 aromatic rings. The van der Waals surface area contributed by atoms with Crippen molar-refractivity contribution in [2.24, 2.45) is 12.0 Å². The SMILES string of the molecule is COc1ccc(C2CN=C(c3c(O)n(C)c4ccccc34)O2)cc1. The lowest BCUT2D eigenvalue weighted by molar-refractivity contribution is 0.229. The molecule has 0 fully saturated rings. The lowest BCUT2D eigenvalue weighted by Crippen LogP contribution is -2.06. The van der Waals surface area contributed by atoms with Crippen LogP contribution in [0.15, 0.2) is 53.5 Å². The number of rotatable bonds is 3. The van der Waals surface area contributed by atoms with E-state index < -0.39 is 0 Å². The summed E-state index contributed by atoms with van der Waals surface area (Å²) in [7, 11) is 3.48. The summed E-state index contributed by atoms with van der Waals surface area (Å²) in [5.74, 6) is 1.47. The third-order valence-corrected chi connectivity index (χ3v) is 4.43. The Kier molecular flexibility index (Phi) is 3.41. The van der Waals surface area contributed by atoms with Gasteiger partial charge in [0.25, 0.3) is 0 Å². The minimum atomic E-state index is -0.149. The summed E-state index contributed by atoms with van der Waals surface area (Å²) < 4.78 is 13.0. The first-order valence-electron chi connectivity index (χ1n) is 7.81. The Bertz CT molecular complexity index is 926. The van der Waals surface area contributed by atoms with Crippen molar-refractivity contribution < 1.29 is 14.6 Å². The van der Waals surface area contributed by atoms with Crippen molar-refractivity contribution in [2.45, 2.75) is 6.10 Å². The van der Waals surface area contributed by atoms with Gasteiger partial charge in [-0.3, -0.25) is 0 Å². The number of hydrogen-bond acceptors (Lipinski definition) is 4. The summed E-state index contributed by atoms with van der Waals surface area (Å²) in [5, 5.41) is 11.4. The van der Waals surface area contributed by atoms with Crippen LogP contribution in [0.5, 0.6) is 11.6 Å². The number of para-hydroxylation sites is 1. The molecule has 2 heterocycles. The maximum absolute atomic E-state index is 10.5. The van der Waals surface area contributed by atoms with Crippen molar-refractivity contribution in [3.63, 3.8) is 0 Å². The molecule has 0 radical (unpaired) electrons. The minimum Gasteiger partial charge on any atom is -0.497 e. The average Bonchev–Trinajstić information content (AvgIpc) is 3.19. The number of aliphatic imine (C=N–C) groups is 1. The maximum atomic E-state index is 10.5. The number of methoxy groups -OCH3 is 1. The van der Waals surface area contributed by atoms with E-state index in [1.54, 1.807) is 11.7 Å². The van der Waals surface area contributed by atoms with Gasteiger partial charge in [-0.25, -0.2) is 4.99 Å². The van der Waals surface area contributed by atoms with Gasteiger partial charge in [0.1, 0.15) is 17.4 Å². The van der Waals surface area contributed by atoms with E-state index in [0.29, 0.717) is 18.0 Å². The second-order valence-corrected chi connectivity index (χ2v) is 5.80. The molecular formula is C19H18N2O3. The van der Waals surface area contributed by atoms with Gasteiger partial charge < -0.3 is 19.1 Å². The molecule has 2 aromatic carbocycles. The highest BCUT2D eigenvalue weighted by atomic mass is 16.5. The van der Waals surface area contributed by atoms with E-state index >= 15 is 0 Å². The lowest BCUT2D eigenvalue weighted by Gasteiger charge is -2.12.